The summed E-state index contributed by atoms with van der Waals surface area (Å²) in [6, 6.07) is 13.8. The maximum atomic E-state index is 12.2. The summed E-state index contributed by atoms with van der Waals surface area (Å²) >= 11 is 5.91. The summed E-state index contributed by atoms with van der Waals surface area (Å²) in [4.78, 5) is 27.0. The highest BCUT2D eigenvalue weighted by atomic mass is 35.5. The second-order valence-electron chi connectivity index (χ2n) is 6.06. The number of nitro groups is 1. The number of rotatable bonds is 5. The molecule has 0 spiro atoms. The molecule has 3 rings (SSSR count). The summed E-state index contributed by atoms with van der Waals surface area (Å²) in [7, 11) is 0. The van der Waals surface area contributed by atoms with Gasteiger partial charge < -0.3 is 10.2 Å². The van der Waals surface area contributed by atoms with Gasteiger partial charge in [-0.1, -0.05) is 23.7 Å². The Morgan fingerprint density at radius 1 is 1.08 bits per heavy atom. The zero-order valence-electron chi connectivity index (χ0n) is 14.1. The van der Waals surface area contributed by atoms with Gasteiger partial charge in [0.15, 0.2) is 0 Å². The Labute approximate surface area is 156 Å². The third kappa shape index (κ3) is 4.50. The molecule has 136 valence electrons. The minimum Gasteiger partial charge on any atom is -0.369 e. The molecule has 1 saturated heterocycles. The molecule has 0 aliphatic carbocycles. The Morgan fingerprint density at radius 2 is 1.73 bits per heavy atom. The molecule has 0 atom stereocenters. The monoisotopic (exact) mass is 374 g/mol. The third-order valence-corrected chi connectivity index (χ3v) is 4.56. The Hall–Kier alpha value is -2.64. The van der Waals surface area contributed by atoms with Gasteiger partial charge in [0.1, 0.15) is 5.69 Å². The number of hydrogen-bond donors (Lipinski definition) is 1. The first-order valence-corrected chi connectivity index (χ1v) is 8.67. The van der Waals surface area contributed by atoms with Crippen LogP contribution < -0.4 is 10.2 Å². The molecule has 2 aromatic carbocycles. The molecule has 0 aromatic heterocycles. The van der Waals surface area contributed by atoms with Crippen molar-refractivity contribution >= 4 is 34.6 Å². The maximum Gasteiger partial charge on any atom is 0.292 e. The molecule has 0 unspecified atom stereocenters. The minimum absolute atomic E-state index is 0.103. The van der Waals surface area contributed by atoms with Gasteiger partial charge in [-0.15, -0.1) is 0 Å². The van der Waals surface area contributed by atoms with E-state index in [0.29, 0.717) is 5.02 Å². The third-order valence-electron chi connectivity index (χ3n) is 4.31. The molecule has 0 radical (unpaired) electrons. The van der Waals surface area contributed by atoms with Crippen molar-refractivity contribution in [2.45, 2.75) is 0 Å². The molecule has 8 heteroatoms. The molecular formula is C18H19ClN4O3. The molecule has 1 N–H and O–H groups in total. The van der Waals surface area contributed by atoms with Crippen molar-refractivity contribution < 1.29 is 9.72 Å². The van der Waals surface area contributed by atoms with Crippen LogP contribution in [0.5, 0.6) is 0 Å². The fraction of sp³-hybridized carbons (Fsp3) is 0.278. The van der Waals surface area contributed by atoms with Gasteiger partial charge in [0.2, 0.25) is 5.91 Å². The molecule has 0 saturated carbocycles. The van der Waals surface area contributed by atoms with Gasteiger partial charge in [-0.3, -0.25) is 19.8 Å². The van der Waals surface area contributed by atoms with E-state index in [9.17, 15) is 14.9 Å². The number of piperazine rings is 1. The lowest BCUT2D eigenvalue weighted by atomic mass is 10.2. The number of carbonyl (C=O) groups is 1. The minimum atomic E-state index is -0.500. The van der Waals surface area contributed by atoms with Crippen LogP contribution >= 0.6 is 11.6 Å². The van der Waals surface area contributed by atoms with Crippen molar-refractivity contribution in [3.8, 4) is 0 Å². The highest BCUT2D eigenvalue weighted by molar-refractivity contribution is 6.30. The van der Waals surface area contributed by atoms with Crippen molar-refractivity contribution in [3.63, 3.8) is 0 Å². The lowest BCUT2D eigenvalue weighted by Gasteiger charge is -2.35. The number of carbonyl (C=O) groups excluding carboxylic acids is 1. The van der Waals surface area contributed by atoms with Crippen molar-refractivity contribution in [1.82, 2.24) is 4.90 Å². The summed E-state index contributed by atoms with van der Waals surface area (Å²) in [5.41, 5.74) is 1.23. The van der Waals surface area contributed by atoms with Crippen LogP contribution in [0.2, 0.25) is 5.02 Å². The Kier molecular flexibility index (Phi) is 5.70. The standard InChI is InChI=1S/C18H19ClN4O3/c19-14-5-7-15(8-6-14)22-11-9-21(10-12-22)13-18(24)20-16-3-1-2-4-17(16)23(25)26/h1-8H,9-13H2,(H,20,24). The summed E-state index contributed by atoms with van der Waals surface area (Å²) in [6.45, 7) is 3.31. The van der Waals surface area contributed by atoms with E-state index >= 15 is 0 Å². The topological polar surface area (TPSA) is 78.7 Å². The summed E-state index contributed by atoms with van der Waals surface area (Å²) < 4.78 is 0. The smallest absolute Gasteiger partial charge is 0.292 e. The van der Waals surface area contributed by atoms with Crippen molar-refractivity contribution in [2.24, 2.45) is 0 Å². The number of hydrogen-bond acceptors (Lipinski definition) is 5. The second-order valence-corrected chi connectivity index (χ2v) is 6.50. The SMILES string of the molecule is O=C(CN1CCN(c2ccc(Cl)cc2)CC1)Nc1ccccc1[N+](=O)[O-]. The number of amides is 1. The Bertz CT molecular complexity index is 789. The summed E-state index contributed by atoms with van der Waals surface area (Å²) in [5, 5.41) is 14.4. The van der Waals surface area contributed by atoms with E-state index in [-0.39, 0.29) is 23.8 Å². The van der Waals surface area contributed by atoms with Gasteiger partial charge in [-0.2, -0.15) is 0 Å². The highest BCUT2D eigenvalue weighted by Crippen LogP contribution is 2.23. The number of halogens is 1. The maximum absolute atomic E-state index is 12.2. The van der Waals surface area contributed by atoms with Crippen molar-refractivity contribution in [2.75, 3.05) is 42.9 Å². The van der Waals surface area contributed by atoms with E-state index in [2.05, 4.69) is 10.2 Å². The molecule has 2 aromatic rings. The average Bonchev–Trinajstić information content (AvgIpc) is 2.63. The van der Waals surface area contributed by atoms with Crippen LogP contribution in [-0.2, 0) is 4.79 Å². The van der Waals surface area contributed by atoms with Crippen molar-refractivity contribution in [3.05, 3.63) is 63.7 Å². The number of anilines is 2. The molecular weight excluding hydrogens is 356 g/mol. The van der Waals surface area contributed by atoms with E-state index < -0.39 is 4.92 Å². The number of para-hydroxylation sites is 2. The highest BCUT2D eigenvalue weighted by Gasteiger charge is 2.21. The number of nitrogens with one attached hydrogen (secondary N) is 1. The van der Waals surface area contributed by atoms with Gasteiger partial charge in [0.05, 0.1) is 11.5 Å². The lowest BCUT2D eigenvalue weighted by molar-refractivity contribution is -0.383. The summed E-state index contributed by atoms with van der Waals surface area (Å²) in [6.07, 6.45) is 0. The first-order chi connectivity index (χ1) is 12.5. The van der Waals surface area contributed by atoms with Gasteiger partial charge in [0.25, 0.3) is 5.69 Å². The largest absolute Gasteiger partial charge is 0.369 e. The second kappa shape index (κ2) is 8.16. The molecule has 1 amide bonds. The Morgan fingerprint density at radius 3 is 2.38 bits per heavy atom. The van der Waals surface area contributed by atoms with Crippen LogP contribution in [0.3, 0.4) is 0 Å². The normalized spacial score (nSPS) is 14.9. The van der Waals surface area contributed by atoms with Gasteiger partial charge in [-0.05, 0) is 30.3 Å². The van der Waals surface area contributed by atoms with E-state index in [4.69, 9.17) is 11.6 Å². The van der Waals surface area contributed by atoms with Crippen LogP contribution in [0.1, 0.15) is 0 Å². The van der Waals surface area contributed by atoms with Gasteiger partial charge in [-0.25, -0.2) is 0 Å². The predicted molar refractivity (Wildman–Crippen MR) is 102 cm³/mol. The molecule has 7 nitrogen and oxygen atoms in total. The average molecular weight is 375 g/mol. The van der Waals surface area contributed by atoms with Crippen molar-refractivity contribution in [1.29, 1.82) is 0 Å². The van der Waals surface area contributed by atoms with E-state index in [1.165, 1.54) is 12.1 Å². The predicted octanol–water partition coefficient (Wildman–Crippen LogP) is 3.01. The molecule has 1 aliphatic rings. The Balaban J connectivity index is 1.52. The fourth-order valence-corrected chi connectivity index (χ4v) is 3.07. The lowest BCUT2D eigenvalue weighted by Crippen LogP contribution is -2.48. The quantitative estimate of drug-likeness (QED) is 0.643. The van der Waals surface area contributed by atoms with Crippen LogP contribution in [0.25, 0.3) is 0 Å². The number of nitro benzene ring substituents is 1. The van der Waals surface area contributed by atoms with Gasteiger partial charge >= 0.3 is 0 Å². The fourth-order valence-electron chi connectivity index (χ4n) is 2.95. The summed E-state index contributed by atoms with van der Waals surface area (Å²) in [5.74, 6) is -0.251. The van der Waals surface area contributed by atoms with E-state index in [1.54, 1.807) is 12.1 Å². The van der Waals surface area contributed by atoms with Crippen LogP contribution in [-0.4, -0.2) is 48.5 Å². The van der Waals surface area contributed by atoms with E-state index in [0.717, 1.165) is 31.9 Å². The van der Waals surface area contributed by atoms with E-state index in [1.807, 2.05) is 29.2 Å². The molecule has 1 aliphatic heterocycles. The zero-order valence-corrected chi connectivity index (χ0v) is 14.9. The molecule has 26 heavy (non-hydrogen) atoms. The van der Waals surface area contributed by atoms with Gasteiger partial charge in [0, 0.05) is 43.0 Å². The zero-order chi connectivity index (χ0) is 18.5. The molecule has 0 bridgehead atoms. The van der Waals surface area contributed by atoms with Crippen LogP contribution in [0, 0.1) is 10.1 Å². The first kappa shape index (κ1) is 18.2. The number of benzene rings is 2. The van der Waals surface area contributed by atoms with Crippen LogP contribution in [0.15, 0.2) is 48.5 Å². The van der Waals surface area contributed by atoms with Crippen LogP contribution in [0.4, 0.5) is 17.1 Å². The molecule has 1 heterocycles. The molecule has 1 fully saturated rings. The first-order valence-electron chi connectivity index (χ1n) is 8.29. The number of nitrogens with zero attached hydrogens (tertiary/aromatic N) is 3.